The molecule has 0 radical (unpaired) electrons. The summed E-state index contributed by atoms with van der Waals surface area (Å²) >= 11 is 0. The van der Waals surface area contributed by atoms with Gasteiger partial charge in [-0.2, -0.15) is 5.10 Å². The van der Waals surface area contributed by atoms with Crippen molar-refractivity contribution in [2.45, 2.75) is 25.0 Å². The molecule has 3 rings (SSSR count). The Morgan fingerprint density at radius 1 is 1.62 bits per heavy atom. The van der Waals surface area contributed by atoms with Crippen LogP contribution < -0.4 is 5.32 Å². The quantitative estimate of drug-likeness (QED) is 0.667. The van der Waals surface area contributed by atoms with Gasteiger partial charge in [0.05, 0.1) is 0 Å². The molecular weight excluding hydrogens is 164 g/mol. The number of nitrogens with zero attached hydrogens (tertiary/aromatic N) is 2. The van der Waals surface area contributed by atoms with Gasteiger partial charge in [-0.15, -0.1) is 0 Å². The van der Waals surface area contributed by atoms with Crippen molar-refractivity contribution in [3.63, 3.8) is 0 Å². The first-order valence-electron chi connectivity index (χ1n) is 4.87. The molecule has 13 heavy (non-hydrogen) atoms. The van der Waals surface area contributed by atoms with E-state index in [1.54, 1.807) is 0 Å². The van der Waals surface area contributed by atoms with E-state index in [0.717, 1.165) is 18.6 Å². The maximum atomic E-state index is 3.96. The fraction of sp³-hybridized carbons (Fsp3) is 0.667. The standard InChI is InChI=1S/C9H14N4/c1-2-11-12-7(1)5-13-6-8-3-9(13)4-10-8/h1-2,8-10H,3-6H2,(H,11,12)/t8-,9?/m0/s1. The third-order valence-corrected chi connectivity index (χ3v) is 3.10. The third kappa shape index (κ3) is 1.26. The van der Waals surface area contributed by atoms with Crippen LogP contribution in [0.15, 0.2) is 12.3 Å². The van der Waals surface area contributed by atoms with Gasteiger partial charge in [0.25, 0.3) is 0 Å². The van der Waals surface area contributed by atoms with Crippen LogP contribution in [0.2, 0.25) is 0 Å². The van der Waals surface area contributed by atoms with Crippen molar-refractivity contribution < 1.29 is 0 Å². The Morgan fingerprint density at radius 2 is 2.62 bits per heavy atom. The van der Waals surface area contributed by atoms with Gasteiger partial charge in [0.15, 0.2) is 0 Å². The van der Waals surface area contributed by atoms with Gasteiger partial charge in [0.1, 0.15) is 0 Å². The molecule has 0 amide bonds. The lowest BCUT2D eigenvalue weighted by Gasteiger charge is -2.26. The molecule has 0 saturated carbocycles. The zero-order valence-corrected chi connectivity index (χ0v) is 7.53. The molecule has 0 spiro atoms. The van der Waals surface area contributed by atoms with Gasteiger partial charge in [-0.3, -0.25) is 10.00 Å². The van der Waals surface area contributed by atoms with Crippen molar-refractivity contribution in [2.24, 2.45) is 0 Å². The first-order chi connectivity index (χ1) is 6.42. The number of hydrogen-bond acceptors (Lipinski definition) is 3. The largest absolute Gasteiger partial charge is 0.311 e. The predicted octanol–water partition coefficient (Wildman–Crippen LogP) is -0.0442. The van der Waals surface area contributed by atoms with Gasteiger partial charge in [0.2, 0.25) is 0 Å². The predicted molar refractivity (Wildman–Crippen MR) is 49.2 cm³/mol. The number of likely N-dealkylation sites (tertiary alicyclic amines) is 1. The van der Waals surface area contributed by atoms with E-state index in [9.17, 15) is 0 Å². The Balaban J connectivity index is 1.68. The number of hydrogen-bond donors (Lipinski definition) is 2. The van der Waals surface area contributed by atoms with Gasteiger partial charge in [-0.1, -0.05) is 0 Å². The lowest BCUT2D eigenvalue weighted by atomic mass is 10.2. The Morgan fingerprint density at radius 3 is 3.23 bits per heavy atom. The highest BCUT2D eigenvalue weighted by atomic mass is 15.3. The zero-order valence-electron chi connectivity index (χ0n) is 7.53. The Hall–Kier alpha value is -0.870. The third-order valence-electron chi connectivity index (χ3n) is 3.10. The molecule has 1 aromatic heterocycles. The number of aromatic amines is 1. The average molecular weight is 178 g/mol. The molecule has 4 nitrogen and oxygen atoms in total. The molecule has 0 aliphatic carbocycles. The summed E-state index contributed by atoms with van der Waals surface area (Å²) in [7, 11) is 0. The molecule has 2 atom stereocenters. The van der Waals surface area contributed by atoms with Gasteiger partial charge in [-0.25, -0.2) is 0 Å². The van der Waals surface area contributed by atoms with E-state index < -0.39 is 0 Å². The van der Waals surface area contributed by atoms with Crippen molar-refractivity contribution in [1.29, 1.82) is 0 Å². The maximum absolute atomic E-state index is 3.96. The number of nitrogens with one attached hydrogen (secondary N) is 2. The summed E-state index contributed by atoms with van der Waals surface area (Å²) in [4.78, 5) is 2.54. The minimum absolute atomic E-state index is 0.743. The van der Waals surface area contributed by atoms with Crippen LogP contribution in [0.3, 0.4) is 0 Å². The van der Waals surface area contributed by atoms with E-state index in [4.69, 9.17) is 0 Å². The normalized spacial score (nSPS) is 32.9. The smallest absolute Gasteiger partial charge is 0.0492 e. The summed E-state index contributed by atoms with van der Waals surface area (Å²) in [5.41, 5.74) is 1.23. The molecule has 1 unspecified atom stereocenters. The Kier molecular flexibility index (Phi) is 1.63. The van der Waals surface area contributed by atoms with Crippen molar-refractivity contribution in [1.82, 2.24) is 20.4 Å². The molecule has 2 saturated heterocycles. The summed E-state index contributed by atoms with van der Waals surface area (Å²) in [6, 6.07) is 3.56. The van der Waals surface area contributed by atoms with Gasteiger partial charge in [-0.05, 0) is 12.5 Å². The van der Waals surface area contributed by atoms with Crippen LogP contribution in [0.25, 0.3) is 0 Å². The van der Waals surface area contributed by atoms with Crippen LogP contribution in [0.4, 0.5) is 0 Å². The van der Waals surface area contributed by atoms with E-state index in [1.165, 1.54) is 25.2 Å². The molecule has 2 bridgehead atoms. The van der Waals surface area contributed by atoms with Crippen LogP contribution in [-0.2, 0) is 6.54 Å². The highest BCUT2D eigenvalue weighted by Crippen LogP contribution is 2.24. The fourth-order valence-corrected chi connectivity index (χ4v) is 2.43. The lowest BCUT2D eigenvalue weighted by Crippen LogP contribution is -2.43. The van der Waals surface area contributed by atoms with Crippen LogP contribution >= 0.6 is 0 Å². The second kappa shape index (κ2) is 2.82. The number of fused-ring (bicyclic) bond motifs is 2. The Labute approximate surface area is 77.3 Å². The number of piperazine rings is 1. The fourth-order valence-electron chi connectivity index (χ4n) is 2.43. The first kappa shape index (κ1) is 7.53. The summed E-state index contributed by atoms with van der Waals surface area (Å²) in [5, 5.41) is 10.5. The van der Waals surface area contributed by atoms with Crippen molar-refractivity contribution in [3.05, 3.63) is 18.0 Å². The van der Waals surface area contributed by atoms with E-state index in [0.29, 0.717) is 0 Å². The van der Waals surface area contributed by atoms with E-state index in [1.807, 2.05) is 6.20 Å². The van der Waals surface area contributed by atoms with E-state index in [-0.39, 0.29) is 0 Å². The summed E-state index contributed by atoms with van der Waals surface area (Å²) in [6.45, 7) is 3.39. The van der Waals surface area contributed by atoms with Crippen molar-refractivity contribution in [3.8, 4) is 0 Å². The molecule has 2 N–H and O–H groups in total. The maximum Gasteiger partial charge on any atom is 0.0492 e. The highest BCUT2D eigenvalue weighted by molar-refractivity contribution is 5.03. The van der Waals surface area contributed by atoms with Gasteiger partial charge >= 0.3 is 0 Å². The van der Waals surface area contributed by atoms with E-state index >= 15 is 0 Å². The second-order valence-corrected chi connectivity index (χ2v) is 4.01. The number of H-pyrrole nitrogens is 1. The number of rotatable bonds is 2. The zero-order chi connectivity index (χ0) is 8.67. The molecule has 1 aromatic rings. The van der Waals surface area contributed by atoms with Crippen LogP contribution in [0.5, 0.6) is 0 Å². The molecule has 3 heterocycles. The molecule has 2 fully saturated rings. The van der Waals surface area contributed by atoms with E-state index in [2.05, 4.69) is 26.5 Å². The van der Waals surface area contributed by atoms with Crippen LogP contribution in [0.1, 0.15) is 12.1 Å². The summed E-state index contributed by atoms with van der Waals surface area (Å²) in [5.74, 6) is 0. The summed E-state index contributed by atoms with van der Waals surface area (Å²) < 4.78 is 0. The monoisotopic (exact) mass is 178 g/mol. The number of aromatic nitrogens is 2. The molecule has 0 aromatic carbocycles. The second-order valence-electron chi connectivity index (χ2n) is 4.01. The molecule has 4 heteroatoms. The molecule has 2 aliphatic heterocycles. The molecular formula is C9H14N4. The molecule has 70 valence electrons. The first-order valence-corrected chi connectivity index (χ1v) is 4.87. The van der Waals surface area contributed by atoms with Crippen LogP contribution in [-0.4, -0.2) is 40.3 Å². The minimum Gasteiger partial charge on any atom is -0.311 e. The summed E-state index contributed by atoms with van der Waals surface area (Å²) in [6.07, 6.45) is 3.15. The van der Waals surface area contributed by atoms with Gasteiger partial charge in [0, 0.05) is 43.6 Å². The van der Waals surface area contributed by atoms with Crippen LogP contribution in [0, 0.1) is 0 Å². The SMILES string of the molecule is c1cc(CN2C[C@@H]3CC2CN3)[nH]n1. The van der Waals surface area contributed by atoms with Gasteiger partial charge < -0.3 is 5.32 Å². The van der Waals surface area contributed by atoms with Crippen molar-refractivity contribution >= 4 is 0 Å². The average Bonchev–Trinajstić information content (AvgIpc) is 2.77. The Bertz CT molecular complexity index is 282. The lowest BCUT2D eigenvalue weighted by molar-refractivity contribution is 0.215. The minimum atomic E-state index is 0.743. The van der Waals surface area contributed by atoms with Crippen molar-refractivity contribution in [2.75, 3.05) is 13.1 Å². The molecule has 2 aliphatic rings. The topological polar surface area (TPSA) is 44.0 Å². The highest BCUT2D eigenvalue weighted by Gasteiger charge is 2.37.